The van der Waals surface area contributed by atoms with E-state index in [2.05, 4.69) is 10.7 Å². The van der Waals surface area contributed by atoms with Gasteiger partial charge in [-0.05, 0) is 30.3 Å². The minimum absolute atomic E-state index is 0.135. The molecular formula is C17H12O4. The summed E-state index contributed by atoms with van der Waals surface area (Å²) in [5, 5.41) is 0. The van der Waals surface area contributed by atoms with Crippen molar-refractivity contribution in [3.63, 3.8) is 0 Å². The van der Waals surface area contributed by atoms with Gasteiger partial charge in [0.05, 0.1) is 18.2 Å². The lowest BCUT2D eigenvalue weighted by Crippen LogP contribution is -2.15. The fraction of sp³-hybridized carbons (Fsp3) is 0.0588. The first kappa shape index (κ1) is 14.4. The number of ether oxygens (including phenoxy) is 2. The Labute approximate surface area is 122 Å². The van der Waals surface area contributed by atoms with E-state index in [0.717, 1.165) is 0 Å². The summed E-state index contributed by atoms with van der Waals surface area (Å²) in [6.07, 6.45) is 5.29. The van der Waals surface area contributed by atoms with Crippen molar-refractivity contribution in [2.24, 2.45) is 0 Å². The van der Waals surface area contributed by atoms with Crippen LogP contribution in [0.4, 0.5) is 0 Å². The van der Waals surface area contributed by atoms with Gasteiger partial charge in [0.25, 0.3) is 0 Å². The molecule has 0 atom stereocenters. The summed E-state index contributed by atoms with van der Waals surface area (Å²) in [4.78, 5) is 23.8. The van der Waals surface area contributed by atoms with Crippen LogP contribution in [-0.4, -0.2) is 19.0 Å². The number of hydrogen-bond donors (Lipinski definition) is 0. The maximum Gasteiger partial charge on any atom is 0.344 e. The van der Waals surface area contributed by atoms with E-state index in [9.17, 15) is 9.59 Å². The molecule has 0 fully saturated rings. The van der Waals surface area contributed by atoms with Gasteiger partial charge in [-0.2, -0.15) is 0 Å². The molecule has 0 unspecified atom stereocenters. The standard InChI is InChI=1S/C17H12O4/c1-3-12-7-6-8-13(11-12)21-17(19)15-10-5-4-9-14(15)16(18)20-2/h1,4-11H,2H3. The van der Waals surface area contributed by atoms with Crippen molar-refractivity contribution in [2.45, 2.75) is 0 Å². The van der Waals surface area contributed by atoms with Crippen LogP contribution in [0.25, 0.3) is 0 Å². The summed E-state index contributed by atoms with van der Waals surface area (Å²) in [5.74, 6) is 1.52. The van der Waals surface area contributed by atoms with Gasteiger partial charge in [0.15, 0.2) is 0 Å². The minimum Gasteiger partial charge on any atom is -0.465 e. The molecule has 0 bridgehead atoms. The molecule has 0 N–H and O–H groups in total. The van der Waals surface area contributed by atoms with E-state index in [1.807, 2.05) is 0 Å². The van der Waals surface area contributed by atoms with Gasteiger partial charge in [-0.15, -0.1) is 6.42 Å². The first-order valence-electron chi connectivity index (χ1n) is 6.12. The number of rotatable bonds is 3. The van der Waals surface area contributed by atoms with Crippen LogP contribution in [0.1, 0.15) is 26.3 Å². The lowest BCUT2D eigenvalue weighted by molar-refractivity contribution is 0.0587. The number of carbonyl (C=O) groups excluding carboxylic acids is 2. The molecule has 0 aliphatic rings. The zero-order valence-electron chi connectivity index (χ0n) is 11.3. The van der Waals surface area contributed by atoms with E-state index in [-0.39, 0.29) is 11.1 Å². The molecule has 0 radical (unpaired) electrons. The van der Waals surface area contributed by atoms with Gasteiger partial charge < -0.3 is 9.47 Å². The smallest absolute Gasteiger partial charge is 0.344 e. The van der Waals surface area contributed by atoms with E-state index in [1.165, 1.54) is 19.2 Å². The van der Waals surface area contributed by atoms with Crippen molar-refractivity contribution in [1.29, 1.82) is 0 Å². The van der Waals surface area contributed by atoms with Crippen LogP contribution < -0.4 is 4.74 Å². The molecule has 0 spiro atoms. The van der Waals surface area contributed by atoms with Crippen molar-refractivity contribution in [3.8, 4) is 18.1 Å². The van der Waals surface area contributed by atoms with Crippen LogP contribution in [0.5, 0.6) is 5.75 Å². The maximum absolute atomic E-state index is 12.2. The van der Waals surface area contributed by atoms with Crippen molar-refractivity contribution in [3.05, 3.63) is 65.2 Å². The SMILES string of the molecule is C#Cc1cccc(OC(=O)c2ccccc2C(=O)OC)c1. The molecular weight excluding hydrogens is 268 g/mol. The van der Waals surface area contributed by atoms with Crippen molar-refractivity contribution in [2.75, 3.05) is 7.11 Å². The Kier molecular flexibility index (Phi) is 4.37. The second kappa shape index (κ2) is 6.40. The second-order valence-corrected chi connectivity index (χ2v) is 4.10. The Morgan fingerprint density at radius 2 is 1.67 bits per heavy atom. The fourth-order valence-corrected chi connectivity index (χ4v) is 1.76. The van der Waals surface area contributed by atoms with Crippen molar-refractivity contribution >= 4 is 11.9 Å². The number of terminal acetylenes is 1. The van der Waals surface area contributed by atoms with E-state index >= 15 is 0 Å². The molecule has 0 aliphatic carbocycles. The lowest BCUT2D eigenvalue weighted by Gasteiger charge is -2.08. The predicted octanol–water partition coefficient (Wildman–Crippen LogP) is 2.67. The summed E-state index contributed by atoms with van der Waals surface area (Å²) >= 11 is 0. The Hall–Kier alpha value is -3.06. The van der Waals surface area contributed by atoms with Crippen LogP contribution >= 0.6 is 0 Å². The average Bonchev–Trinajstić information content (AvgIpc) is 2.54. The summed E-state index contributed by atoms with van der Waals surface area (Å²) in [6.45, 7) is 0. The molecule has 21 heavy (non-hydrogen) atoms. The van der Waals surface area contributed by atoms with Gasteiger partial charge in [-0.25, -0.2) is 9.59 Å². The van der Waals surface area contributed by atoms with Gasteiger partial charge in [0.2, 0.25) is 0 Å². The number of hydrogen-bond acceptors (Lipinski definition) is 4. The molecule has 0 saturated carbocycles. The minimum atomic E-state index is -0.648. The highest BCUT2D eigenvalue weighted by Crippen LogP contribution is 2.17. The van der Waals surface area contributed by atoms with E-state index in [4.69, 9.17) is 11.2 Å². The predicted molar refractivity (Wildman–Crippen MR) is 77.1 cm³/mol. The Morgan fingerprint density at radius 1 is 1.00 bits per heavy atom. The number of methoxy groups -OCH3 is 1. The van der Waals surface area contributed by atoms with Crippen molar-refractivity contribution < 1.29 is 19.1 Å². The molecule has 0 heterocycles. The average molecular weight is 280 g/mol. The third-order valence-electron chi connectivity index (χ3n) is 2.76. The monoisotopic (exact) mass is 280 g/mol. The molecule has 104 valence electrons. The van der Waals surface area contributed by atoms with Gasteiger partial charge in [-0.1, -0.05) is 24.1 Å². The summed E-state index contributed by atoms with van der Waals surface area (Å²) < 4.78 is 9.88. The van der Waals surface area contributed by atoms with Crippen LogP contribution in [0, 0.1) is 12.3 Å². The first-order valence-corrected chi connectivity index (χ1v) is 6.12. The van der Waals surface area contributed by atoms with Gasteiger partial charge in [0.1, 0.15) is 5.75 Å². The molecule has 2 rings (SSSR count). The number of benzene rings is 2. The molecule has 4 heteroatoms. The molecule has 0 aliphatic heterocycles. The highest BCUT2D eigenvalue weighted by Gasteiger charge is 2.18. The highest BCUT2D eigenvalue weighted by molar-refractivity contribution is 6.03. The van der Waals surface area contributed by atoms with E-state index < -0.39 is 11.9 Å². The van der Waals surface area contributed by atoms with Crippen LogP contribution in [0.3, 0.4) is 0 Å². The Balaban J connectivity index is 2.29. The molecule has 2 aromatic rings. The zero-order chi connectivity index (χ0) is 15.2. The normalized spacial score (nSPS) is 9.52. The summed E-state index contributed by atoms with van der Waals surface area (Å²) in [6, 6.07) is 12.9. The van der Waals surface area contributed by atoms with Crippen molar-refractivity contribution in [1.82, 2.24) is 0 Å². The Bertz CT molecular complexity index is 726. The van der Waals surface area contributed by atoms with Crippen LogP contribution in [0.15, 0.2) is 48.5 Å². The molecule has 2 aromatic carbocycles. The molecule has 0 aromatic heterocycles. The first-order chi connectivity index (χ1) is 10.2. The second-order valence-electron chi connectivity index (χ2n) is 4.10. The quantitative estimate of drug-likeness (QED) is 0.493. The zero-order valence-corrected chi connectivity index (χ0v) is 11.3. The van der Waals surface area contributed by atoms with Gasteiger partial charge in [-0.3, -0.25) is 0 Å². The van der Waals surface area contributed by atoms with E-state index in [0.29, 0.717) is 11.3 Å². The highest BCUT2D eigenvalue weighted by atomic mass is 16.5. The van der Waals surface area contributed by atoms with Crippen LogP contribution in [-0.2, 0) is 4.74 Å². The molecule has 4 nitrogen and oxygen atoms in total. The maximum atomic E-state index is 12.2. The third kappa shape index (κ3) is 3.28. The molecule has 0 amide bonds. The fourth-order valence-electron chi connectivity index (χ4n) is 1.76. The van der Waals surface area contributed by atoms with Gasteiger partial charge in [0, 0.05) is 5.56 Å². The van der Waals surface area contributed by atoms with E-state index in [1.54, 1.807) is 36.4 Å². The van der Waals surface area contributed by atoms with Gasteiger partial charge >= 0.3 is 11.9 Å². The number of esters is 2. The summed E-state index contributed by atoms with van der Waals surface area (Å²) in [7, 11) is 1.25. The summed E-state index contributed by atoms with van der Waals surface area (Å²) in [5.41, 5.74) is 0.884. The Morgan fingerprint density at radius 3 is 2.29 bits per heavy atom. The number of carbonyl (C=O) groups is 2. The topological polar surface area (TPSA) is 52.6 Å². The molecule has 0 saturated heterocycles. The largest absolute Gasteiger partial charge is 0.465 e. The third-order valence-corrected chi connectivity index (χ3v) is 2.76. The lowest BCUT2D eigenvalue weighted by atomic mass is 10.1. The van der Waals surface area contributed by atoms with Crippen LogP contribution in [0.2, 0.25) is 0 Å².